The molecule has 3 rings (SSSR count). The Kier molecular flexibility index (Phi) is 7.00. The molecule has 0 atom stereocenters. The van der Waals surface area contributed by atoms with Crippen LogP contribution >= 0.6 is 11.8 Å². The van der Waals surface area contributed by atoms with Crippen LogP contribution in [0.25, 0.3) is 0 Å². The number of benzene rings is 2. The topological polar surface area (TPSA) is 29.5 Å². The Morgan fingerprint density at radius 3 is 2.07 bits per heavy atom. The predicted molar refractivity (Wildman–Crippen MR) is 99.1 cm³/mol. The van der Waals surface area contributed by atoms with Gasteiger partial charge >= 0.3 is 0 Å². The SMILES string of the molecule is O=C(CSCc1ccccc1)N1CCC(Oc2c(F)c(F)c(F)c(F)c2F)CC1. The predicted octanol–water partition coefficient (Wildman–Crippen LogP) is 4.69. The number of piperidine rings is 1. The summed E-state index contributed by atoms with van der Waals surface area (Å²) in [6.07, 6.45) is -0.285. The molecule has 1 aliphatic rings. The van der Waals surface area contributed by atoms with Crippen molar-refractivity contribution >= 4 is 17.7 Å². The largest absolute Gasteiger partial charge is 0.484 e. The number of ether oxygens (including phenoxy) is 1. The van der Waals surface area contributed by atoms with Crippen molar-refractivity contribution in [3.05, 3.63) is 65.0 Å². The van der Waals surface area contributed by atoms with Crippen LogP contribution < -0.4 is 4.74 Å². The second-order valence-corrected chi connectivity index (χ2v) is 7.56. The van der Waals surface area contributed by atoms with Crippen molar-refractivity contribution in [2.45, 2.75) is 24.7 Å². The van der Waals surface area contributed by atoms with Crippen LogP contribution in [0, 0.1) is 29.1 Å². The van der Waals surface area contributed by atoms with Crippen LogP contribution in [0.3, 0.4) is 0 Å². The van der Waals surface area contributed by atoms with Crippen molar-refractivity contribution in [1.82, 2.24) is 4.90 Å². The average Bonchev–Trinajstić information content (AvgIpc) is 2.75. The van der Waals surface area contributed by atoms with E-state index in [4.69, 9.17) is 4.74 Å². The van der Waals surface area contributed by atoms with Crippen molar-refractivity contribution in [2.24, 2.45) is 0 Å². The van der Waals surface area contributed by atoms with E-state index >= 15 is 0 Å². The van der Waals surface area contributed by atoms with Gasteiger partial charge in [-0.1, -0.05) is 30.3 Å². The van der Waals surface area contributed by atoms with Crippen molar-refractivity contribution < 1.29 is 31.5 Å². The minimum Gasteiger partial charge on any atom is -0.484 e. The number of hydrogen-bond acceptors (Lipinski definition) is 3. The summed E-state index contributed by atoms with van der Waals surface area (Å²) in [6, 6.07) is 9.71. The van der Waals surface area contributed by atoms with E-state index in [1.54, 1.807) is 4.90 Å². The maximum absolute atomic E-state index is 13.7. The zero-order valence-corrected chi connectivity index (χ0v) is 16.1. The molecule has 29 heavy (non-hydrogen) atoms. The van der Waals surface area contributed by atoms with Crippen LogP contribution in [0.1, 0.15) is 18.4 Å². The molecule has 3 nitrogen and oxygen atoms in total. The van der Waals surface area contributed by atoms with E-state index in [1.165, 1.54) is 11.8 Å². The molecule has 2 aromatic rings. The van der Waals surface area contributed by atoms with Gasteiger partial charge in [0.2, 0.25) is 35.0 Å². The lowest BCUT2D eigenvalue weighted by molar-refractivity contribution is -0.130. The van der Waals surface area contributed by atoms with E-state index in [1.807, 2.05) is 30.3 Å². The van der Waals surface area contributed by atoms with Gasteiger partial charge in [0.25, 0.3) is 0 Å². The van der Waals surface area contributed by atoms with Gasteiger partial charge in [-0.2, -0.15) is 8.78 Å². The zero-order chi connectivity index (χ0) is 21.0. The first-order chi connectivity index (χ1) is 13.9. The Bertz CT molecular complexity index is 844. The maximum atomic E-state index is 13.7. The number of carbonyl (C=O) groups is 1. The number of hydrogen-bond donors (Lipinski definition) is 0. The second-order valence-electron chi connectivity index (χ2n) is 6.58. The summed E-state index contributed by atoms with van der Waals surface area (Å²) < 4.78 is 72.2. The fourth-order valence-corrected chi connectivity index (χ4v) is 3.89. The third-order valence-electron chi connectivity index (χ3n) is 4.59. The van der Waals surface area contributed by atoms with Crippen LogP contribution in [0.15, 0.2) is 30.3 Å². The highest BCUT2D eigenvalue weighted by atomic mass is 32.2. The van der Waals surface area contributed by atoms with Gasteiger partial charge in [-0.15, -0.1) is 11.8 Å². The molecule has 1 saturated heterocycles. The quantitative estimate of drug-likeness (QED) is 0.378. The summed E-state index contributed by atoms with van der Waals surface area (Å²) in [6.45, 7) is 0.565. The Balaban J connectivity index is 1.50. The van der Waals surface area contributed by atoms with E-state index in [0.717, 1.165) is 5.56 Å². The maximum Gasteiger partial charge on any atom is 0.232 e. The lowest BCUT2D eigenvalue weighted by atomic mass is 10.1. The van der Waals surface area contributed by atoms with Crippen LogP contribution in [0.5, 0.6) is 5.75 Å². The fourth-order valence-electron chi connectivity index (χ4n) is 3.00. The third kappa shape index (κ3) is 5.01. The van der Waals surface area contributed by atoms with Crippen molar-refractivity contribution in [3.8, 4) is 5.75 Å². The molecule has 0 saturated carbocycles. The molecule has 1 amide bonds. The van der Waals surface area contributed by atoms with Crippen molar-refractivity contribution in [3.63, 3.8) is 0 Å². The second kappa shape index (κ2) is 9.47. The first-order valence-corrected chi connectivity index (χ1v) is 10.1. The van der Waals surface area contributed by atoms with E-state index in [0.29, 0.717) is 5.75 Å². The normalized spacial score (nSPS) is 14.9. The lowest BCUT2D eigenvalue weighted by Crippen LogP contribution is -2.42. The summed E-state index contributed by atoms with van der Waals surface area (Å²) in [5.74, 6) is -10.6. The Hall–Kier alpha value is -2.29. The van der Waals surface area contributed by atoms with Gasteiger partial charge in [0.1, 0.15) is 6.10 Å². The van der Waals surface area contributed by atoms with Gasteiger partial charge < -0.3 is 9.64 Å². The first kappa shape index (κ1) is 21.4. The molecule has 1 aliphatic heterocycles. The monoisotopic (exact) mass is 431 g/mol. The third-order valence-corrected chi connectivity index (χ3v) is 5.57. The summed E-state index contributed by atoms with van der Waals surface area (Å²) in [4.78, 5) is 13.9. The molecular formula is C20H18F5NO2S. The van der Waals surface area contributed by atoms with Gasteiger partial charge in [0, 0.05) is 31.7 Å². The molecule has 0 bridgehead atoms. The molecule has 9 heteroatoms. The lowest BCUT2D eigenvalue weighted by Gasteiger charge is -2.32. The summed E-state index contributed by atoms with van der Waals surface area (Å²) in [5.41, 5.74) is 1.11. The standard InChI is InChI=1S/C20H18F5NO2S/c21-15-16(22)18(24)20(19(25)17(15)23)28-13-6-8-26(9-7-13)14(27)11-29-10-12-4-2-1-3-5-12/h1-5,13H,6-11H2. The Morgan fingerprint density at radius 1 is 0.931 bits per heavy atom. The summed E-state index contributed by atoms with van der Waals surface area (Å²) >= 11 is 1.48. The van der Waals surface area contributed by atoms with Crippen LogP contribution in [0.4, 0.5) is 22.0 Å². The molecule has 0 radical (unpaired) electrons. The number of halogens is 5. The number of thioether (sulfide) groups is 1. The van der Waals surface area contributed by atoms with E-state index in [9.17, 15) is 26.7 Å². The minimum absolute atomic E-state index is 0.0689. The molecular weight excluding hydrogens is 413 g/mol. The van der Waals surface area contributed by atoms with Gasteiger partial charge in [-0.25, -0.2) is 13.2 Å². The van der Waals surface area contributed by atoms with E-state index in [2.05, 4.69) is 0 Å². The van der Waals surface area contributed by atoms with E-state index in [-0.39, 0.29) is 37.6 Å². The molecule has 156 valence electrons. The highest BCUT2D eigenvalue weighted by molar-refractivity contribution is 7.99. The highest BCUT2D eigenvalue weighted by Crippen LogP contribution is 2.31. The summed E-state index contributed by atoms with van der Waals surface area (Å²) in [5, 5.41) is 0. The van der Waals surface area contributed by atoms with Crippen molar-refractivity contribution in [2.75, 3.05) is 18.8 Å². The molecule has 0 aromatic heterocycles. The molecule has 2 aromatic carbocycles. The molecule has 0 unspecified atom stereocenters. The average molecular weight is 431 g/mol. The number of carbonyl (C=O) groups excluding carboxylic acids is 1. The fraction of sp³-hybridized carbons (Fsp3) is 0.350. The van der Waals surface area contributed by atoms with Gasteiger partial charge in [-0.3, -0.25) is 4.79 Å². The molecule has 0 spiro atoms. The van der Waals surface area contributed by atoms with Gasteiger partial charge in [-0.05, 0) is 5.56 Å². The minimum atomic E-state index is -2.22. The van der Waals surface area contributed by atoms with Gasteiger partial charge in [0.15, 0.2) is 5.75 Å². The Morgan fingerprint density at radius 2 is 1.48 bits per heavy atom. The van der Waals surface area contributed by atoms with Crippen molar-refractivity contribution in [1.29, 1.82) is 0 Å². The van der Waals surface area contributed by atoms with Crippen LogP contribution in [0.2, 0.25) is 0 Å². The number of amides is 1. The first-order valence-electron chi connectivity index (χ1n) is 8.96. The zero-order valence-electron chi connectivity index (χ0n) is 15.3. The molecule has 1 heterocycles. The highest BCUT2D eigenvalue weighted by Gasteiger charge is 2.30. The van der Waals surface area contributed by atoms with Crippen LogP contribution in [-0.2, 0) is 10.5 Å². The smallest absolute Gasteiger partial charge is 0.232 e. The molecule has 0 aliphatic carbocycles. The number of likely N-dealkylation sites (tertiary alicyclic amines) is 1. The number of rotatable bonds is 6. The van der Waals surface area contributed by atoms with Gasteiger partial charge in [0.05, 0.1) is 5.75 Å². The molecule has 0 N–H and O–H groups in total. The summed E-state index contributed by atoms with van der Waals surface area (Å²) in [7, 11) is 0. The molecule has 1 fully saturated rings. The Labute approximate surface area is 168 Å². The van der Waals surface area contributed by atoms with E-state index < -0.39 is 40.9 Å². The van der Waals surface area contributed by atoms with Crippen LogP contribution in [-0.4, -0.2) is 35.8 Å². The number of nitrogens with zero attached hydrogens (tertiary/aromatic N) is 1.